The summed E-state index contributed by atoms with van der Waals surface area (Å²) in [4.78, 5) is 27.5. The van der Waals surface area contributed by atoms with Crippen LogP contribution in [-0.4, -0.2) is 63.4 Å². The van der Waals surface area contributed by atoms with Crippen LogP contribution >= 0.6 is 0 Å². The van der Waals surface area contributed by atoms with E-state index in [1.165, 1.54) is 4.31 Å². The van der Waals surface area contributed by atoms with Crippen LogP contribution in [0.4, 0.5) is 5.69 Å². The molecule has 1 aliphatic rings. The summed E-state index contributed by atoms with van der Waals surface area (Å²) < 4.78 is 36.9. The highest BCUT2D eigenvalue weighted by atomic mass is 32.2. The van der Waals surface area contributed by atoms with Gasteiger partial charge in [-0.05, 0) is 51.3 Å². The third kappa shape index (κ3) is 7.36. The summed E-state index contributed by atoms with van der Waals surface area (Å²) >= 11 is 0. The molecule has 10 heteroatoms. The lowest BCUT2D eigenvalue weighted by Crippen LogP contribution is -2.50. The van der Waals surface area contributed by atoms with Crippen molar-refractivity contribution in [3.8, 4) is 11.5 Å². The second kappa shape index (κ2) is 12.1. The maximum absolute atomic E-state index is 13.3. The van der Waals surface area contributed by atoms with Gasteiger partial charge >= 0.3 is 0 Å². The molecule has 0 unspecified atom stereocenters. The van der Waals surface area contributed by atoms with E-state index in [-0.39, 0.29) is 37.6 Å². The first-order valence-electron chi connectivity index (χ1n) is 12.1. The lowest BCUT2D eigenvalue weighted by Gasteiger charge is -2.30. The summed E-state index contributed by atoms with van der Waals surface area (Å²) in [7, 11) is -3.60. The Labute approximate surface area is 213 Å². The summed E-state index contributed by atoms with van der Waals surface area (Å²) in [5.74, 6) is 0.625. The Balaban J connectivity index is 1.68. The maximum atomic E-state index is 13.3. The van der Waals surface area contributed by atoms with Crippen molar-refractivity contribution in [2.45, 2.75) is 52.1 Å². The largest absolute Gasteiger partial charge is 0.454 e. The van der Waals surface area contributed by atoms with Gasteiger partial charge in [-0.3, -0.25) is 13.9 Å². The van der Waals surface area contributed by atoms with Crippen LogP contribution in [0.2, 0.25) is 0 Å². The summed E-state index contributed by atoms with van der Waals surface area (Å²) in [5, 5.41) is 2.87. The van der Waals surface area contributed by atoms with Gasteiger partial charge in [-0.25, -0.2) is 8.42 Å². The normalized spacial score (nSPS) is 13.4. The van der Waals surface area contributed by atoms with E-state index in [0.717, 1.165) is 11.8 Å². The van der Waals surface area contributed by atoms with E-state index in [1.54, 1.807) is 30.0 Å². The average molecular weight is 518 g/mol. The van der Waals surface area contributed by atoms with Crippen LogP contribution in [0.15, 0.2) is 48.5 Å². The molecule has 36 heavy (non-hydrogen) atoms. The van der Waals surface area contributed by atoms with Crippen molar-refractivity contribution >= 4 is 27.5 Å². The molecular formula is C26H35N3O6S. The van der Waals surface area contributed by atoms with E-state index in [9.17, 15) is 18.0 Å². The first kappa shape index (κ1) is 27.3. The van der Waals surface area contributed by atoms with Crippen LogP contribution in [0.25, 0.3) is 0 Å². The van der Waals surface area contributed by atoms with Crippen molar-refractivity contribution in [1.82, 2.24) is 10.2 Å². The number of nitrogens with zero attached hydrogens (tertiary/aromatic N) is 2. The van der Waals surface area contributed by atoms with Crippen molar-refractivity contribution < 1.29 is 27.5 Å². The highest BCUT2D eigenvalue weighted by molar-refractivity contribution is 7.92. The number of carbonyl (C=O) groups excluding carboxylic acids is 2. The third-order valence-corrected chi connectivity index (χ3v) is 7.07. The van der Waals surface area contributed by atoms with Crippen LogP contribution in [0.5, 0.6) is 11.5 Å². The minimum atomic E-state index is -3.60. The number of amides is 2. The number of hydrogen-bond acceptors (Lipinski definition) is 6. The Hall–Kier alpha value is -3.27. The Morgan fingerprint density at radius 3 is 2.36 bits per heavy atom. The van der Waals surface area contributed by atoms with Crippen LogP contribution in [0, 0.1) is 0 Å². The van der Waals surface area contributed by atoms with Gasteiger partial charge in [0.05, 0.1) is 11.9 Å². The third-order valence-electron chi connectivity index (χ3n) is 5.88. The quantitative estimate of drug-likeness (QED) is 0.464. The molecule has 1 heterocycles. The molecule has 0 radical (unpaired) electrons. The van der Waals surface area contributed by atoms with E-state index in [0.29, 0.717) is 36.6 Å². The predicted molar refractivity (Wildman–Crippen MR) is 139 cm³/mol. The highest BCUT2D eigenvalue weighted by Crippen LogP contribution is 2.36. The molecule has 1 aliphatic heterocycles. The molecule has 0 saturated carbocycles. The standard InChI is InChI=1S/C26H35N3O6S/c1-19(2)27-26(31)20(3)28(16-14-21-9-6-5-7-10-21)25(30)11-8-15-29(36(4,32)33)22-12-13-23-24(17-22)35-18-34-23/h5-7,9-10,12-13,17,19-20H,8,11,14-16,18H2,1-4H3,(H,27,31)/t20-/m1/s1. The smallest absolute Gasteiger partial charge is 0.242 e. The fourth-order valence-corrected chi connectivity index (χ4v) is 4.98. The van der Waals surface area contributed by atoms with Crippen molar-refractivity contribution in [2.75, 3.05) is 30.4 Å². The number of rotatable bonds is 12. The molecule has 9 nitrogen and oxygen atoms in total. The van der Waals surface area contributed by atoms with Gasteiger partial charge in [0.2, 0.25) is 28.6 Å². The summed E-state index contributed by atoms with van der Waals surface area (Å²) in [5.41, 5.74) is 1.51. The topological polar surface area (TPSA) is 105 Å². The van der Waals surface area contributed by atoms with E-state index in [2.05, 4.69) is 5.32 Å². The van der Waals surface area contributed by atoms with Crippen LogP contribution in [0.1, 0.15) is 39.2 Å². The number of hydrogen-bond donors (Lipinski definition) is 1. The number of nitrogens with one attached hydrogen (secondary N) is 1. The first-order chi connectivity index (χ1) is 17.1. The number of anilines is 1. The second-order valence-corrected chi connectivity index (χ2v) is 11.0. The van der Waals surface area contributed by atoms with Gasteiger partial charge in [-0.2, -0.15) is 0 Å². The number of ether oxygens (including phenoxy) is 2. The molecule has 2 amide bonds. The molecule has 0 spiro atoms. The monoisotopic (exact) mass is 517 g/mol. The molecule has 1 atom stereocenters. The van der Waals surface area contributed by atoms with Gasteiger partial charge in [0, 0.05) is 31.6 Å². The predicted octanol–water partition coefficient (Wildman–Crippen LogP) is 2.95. The van der Waals surface area contributed by atoms with Crippen LogP contribution in [-0.2, 0) is 26.0 Å². The van der Waals surface area contributed by atoms with Crippen molar-refractivity contribution in [1.29, 1.82) is 0 Å². The van der Waals surface area contributed by atoms with Gasteiger partial charge in [-0.15, -0.1) is 0 Å². The van der Waals surface area contributed by atoms with Gasteiger partial charge in [-0.1, -0.05) is 30.3 Å². The molecule has 3 rings (SSSR count). The zero-order valence-corrected chi connectivity index (χ0v) is 22.1. The fraction of sp³-hybridized carbons (Fsp3) is 0.462. The zero-order valence-electron chi connectivity index (χ0n) is 21.3. The number of carbonyl (C=O) groups is 2. The van der Waals surface area contributed by atoms with Crippen molar-refractivity contribution in [2.24, 2.45) is 0 Å². The van der Waals surface area contributed by atoms with Gasteiger partial charge < -0.3 is 19.7 Å². The van der Waals surface area contributed by atoms with Gasteiger partial charge in [0.25, 0.3) is 0 Å². The highest BCUT2D eigenvalue weighted by Gasteiger charge is 2.27. The SMILES string of the molecule is CC(C)NC(=O)[C@@H](C)N(CCc1ccccc1)C(=O)CCCN(c1ccc2c(c1)OCO2)S(C)(=O)=O. The van der Waals surface area contributed by atoms with E-state index in [1.807, 2.05) is 44.2 Å². The molecule has 2 aromatic rings. The van der Waals surface area contributed by atoms with Gasteiger partial charge in [0.15, 0.2) is 11.5 Å². The summed E-state index contributed by atoms with van der Waals surface area (Å²) in [6, 6.07) is 14.0. The van der Waals surface area contributed by atoms with Crippen molar-refractivity contribution in [3.63, 3.8) is 0 Å². The molecule has 0 bridgehead atoms. The van der Waals surface area contributed by atoms with E-state index < -0.39 is 16.1 Å². The Morgan fingerprint density at radius 2 is 1.69 bits per heavy atom. The number of fused-ring (bicyclic) bond motifs is 1. The Bertz CT molecular complexity index is 1150. The van der Waals surface area contributed by atoms with Gasteiger partial charge in [0.1, 0.15) is 6.04 Å². The number of sulfonamides is 1. The summed E-state index contributed by atoms with van der Waals surface area (Å²) in [6.07, 6.45) is 2.13. The van der Waals surface area contributed by atoms with Crippen LogP contribution in [0.3, 0.4) is 0 Å². The molecule has 0 aromatic heterocycles. The minimum Gasteiger partial charge on any atom is -0.454 e. The lowest BCUT2D eigenvalue weighted by atomic mass is 10.1. The second-order valence-electron chi connectivity index (χ2n) is 9.14. The molecule has 1 N–H and O–H groups in total. The molecule has 2 aromatic carbocycles. The lowest BCUT2D eigenvalue weighted by molar-refractivity contribution is -0.140. The van der Waals surface area contributed by atoms with Crippen LogP contribution < -0.4 is 19.1 Å². The zero-order chi connectivity index (χ0) is 26.3. The number of benzene rings is 2. The first-order valence-corrected chi connectivity index (χ1v) is 13.9. The van der Waals surface area contributed by atoms with E-state index >= 15 is 0 Å². The summed E-state index contributed by atoms with van der Waals surface area (Å²) in [6.45, 7) is 6.05. The molecule has 0 aliphatic carbocycles. The minimum absolute atomic E-state index is 0.0453. The molecular weight excluding hydrogens is 482 g/mol. The molecule has 0 saturated heterocycles. The molecule has 0 fully saturated rings. The Kier molecular flexibility index (Phi) is 9.19. The van der Waals surface area contributed by atoms with E-state index in [4.69, 9.17) is 9.47 Å². The Morgan fingerprint density at radius 1 is 1.00 bits per heavy atom. The fourth-order valence-electron chi connectivity index (χ4n) is 4.02. The molecule has 196 valence electrons. The average Bonchev–Trinajstić information content (AvgIpc) is 3.29. The maximum Gasteiger partial charge on any atom is 0.242 e. The van der Waals surface area contributed by atoms with Crippen molar-refractivity contribution in [3.05, 3.63) is 54.1 Å².